The first-order valence-electron chi connectivity index (χ1n) is 6.64. The summed E-state index contributed by atoms with van der Waals surface area (Å²) in [7, 11) is 1.63. The molecule has 0 saturated heterocycles. The number of nitrogens with zero attached hydrogens (tertiary/aromatic N) is 3. The highest BCUT2D eigenvalue weighted by atomic mass is 16.5. The number of amides is 1. The van der Waals surface area contributed by atoms with E-state index in [-0.39, 0.29) is 5.91 Å². The average molecular weight is 290 g/mol. The lowest BCUT2D eigenvalue weighted by Crippen LogP contribution is -2.12. The van der Waals surface area contributed by atoms with E-state index < -0.39 is 0 Å². The summed E-state index contributed by atoms with van der Waals surface area (Å²) in [4.78, 5) is 16.1. The molecule has 2 aromatic heterocycles. The molecule has 7 heteroatoms. The molecule has 0 aliphatic heterocycles. The molecule has 112 valence electrons. The molecule has 0 spiro atoms. The Morgan fingerprint density at radius 1 is 1.38 bits per heavy atom. The van der Waals surface area contributed by atoms with E-state index in [0.717, 1.165) is 0 Å². The molecule has 0 aromatic carbocycles. The smallest absolute Gasteiger partial charge is 0.257 e. The second-order valence-electron chi connectivity index (χ2n) is 4.26. The van der Waals surface area contributed by atoms with Crippen LogP contribution < -0.4 is 10.1 Å². The van der Waals surface area contributed by atoms with Crippen LogP contribution in [0, 0.1) is 0 Å². The fraction of sp³-hybridized carbons (Fsp3) is 0.357. The summed E-state index contributed by atoms with van der Waals surface area (Å²) < 4.78 is 11.9. The van der Waals surface area contributed by atoms with Gasteiger partial charge in [-0.3, -0.25) is 9.48 Å². The van der Waals surface area contributed by atoms with Crippen molar-refractivity contribution in [3.05, 3.63) is 36.3 Å². The standard InChI is InChI=1S/C14H18N4O3/c1-3-21-13-5-4-11(8-15-13)14(19)17-12-9-16-18(10-12)6-7-20-2/h4-5,8-10H,3,6-7H2,1-2H3,(H,17,19). The number of pyridine rings is 1. The van der Waals surface area contributed by atoms with Gasteiger partial charge >= 0.3 is 0 Å². The minimum Gasteiger partial charge on any atom is -0.478 e. The van der Waals surface area contributed by atoms with E-state index in [0.29, 0.717) is 36.9 Å². The van der Waals surface area contributed by atoms with Gasteiger partial charge in [0.05, 0.1) is 37.2 Å². The zero-order valence-electron chi connectivity index (χ0n) is 12.1. The minimum absolute atomic E-state index is 0.239. The van der Waals surface area contributed by atoms with Gasteiger partial charge in [0.25, 0.3) is 5.91 Å². The van der Waals surface area contributed by atoms with Crippen molar-refractivity contribution < 1.29 is 14.3 Å². The first-order chi connectivity index (χ1) is 10.2. The molecule has 1 N–H and O–H groups in total. The number of hydrogen-bond donors (Lipinski definition) is 1. The Bertz CT molecular complexity index is 580. The van der Waals surface area contributed by atoms with Gasteiger partial charge in [-0.25, -0.2) is 4.98 Å². The first kappa shape index (κ1) is 15.0. The third-order valence-corrected chi connectivity index (χ3v) is 2.71. The molecule has 2 heterocycles. The highest BCUT2D eigenvalue weighted by Crippen LogP contribution is 2.11. The summed E-state index contributed by atoms with van der Waals surface area (Å²) in [5, 5.41) is 6.89. The lowest BCUT2D eigenvalue weighted by molar-refractivity contribution is 0.102. The van der Waals surface area contributed by atoms with Gasteiger partial charge < -0.3 is 14.8 Å². The zero-order chi connectivity index (χ0) is 15.1. The molecular weight excluding hydrogens is 272 g/mol. The predicted octanol–water partition coefficient (Wildman–Crippen LogP) is 1.58. The van der Waals surface area contributed by atoms with Crippen molar-refractivity contribution in [1.82, 2.24) is 14.8 Å². The van der Waals surface area contributed by atoms with Gasteiger partial charge in [-0.15, -0.1) is 0 Å². The van der Waals surface area contributed by atoms with Crippen LogP contribution in [0.15, 0.2) is 30.7 Å². The van der Waals surface area contributed by atoms with Gasteiger partial charge in [-0.1, -0.05) is 0 Å². The molecule has 0 bridgehead atoms. The monoisotopic (exact) mass is 290 g/mol. The Morgan fingerprint density at radius 2 is 2.24 bits per heavy atom. The number of carbonyl (C=O) groups is 1. The van der Waals surface area contributed by atoms with E-state index in [1.165, 1.54) is 6.20 Å². The number of hydrogen-bond acceptors (Lipinski definition) is 5. The normalized spacial score (nSPS) is 10.4. The van der Waals surface area contributed by atoms with Crippen molar-refractivity contribution >= 4 is 11.6 Å². The Morgan fingerprint density at radius 3 is 2.90 bits per heavy atom. The molecule has 0 radical (unpaired) electrons. The summed E-state index contributed by atoms with van der Waals surface area (Å²) in [5.74, 6) is 0.262. The number of anilines is 1. The zero-order valence-corrected chi connectivity index (χ0v) is 12.1. The van der Waals surface area contributed by atoms with E-state index in [1.54, 1.807) is 36.3 Å². The number of rotatable bonds is 7. The molecule has 21 heavy (non-hydrogen) atoms. The summed E-state index contributed by atoms with van der Waals surface area (Å²) >= 11 is 0. The molecule has 0 unspecified atom stereocenters. The van der Waals surface area contributed by atoms with Crippen LogP contribution in [0.4, 0.5) is 5.69 Å². The molecule has 0 aliphatic carbocycles. The third-order valence-electron chi connectivity index (χ3n) is 2.71. The summed E-state index contributed by atoms with van der Waals surface area (Å²) in [6.45, 7) is 3.62. The topological polar surface area (TPSA) is 78.3 Å². The number of aromatic nitrogens is 3. The number of nitrogens with one attached hydrogen (secondary N) is 1. The van der Waals surface area contributed by atoms with Gasteiger partial charge in [0.15, 0.2) is 0 Å². The fourth-order valence-corrected chi connectivity index (χ4v) is 1.69. The predicted molar refractivity (Wildman–Crippen MR) is 77.5 cm³/mol. The Kier molecular flexibility index (Phi) is 5.28. The SMILES string of the molecule is CCOc1ccc(C(=O)Nc2cnn(CCOC)c2)cn1. The third kappa shape index (κ3) is 4.28. The highest BCUT2D eigenvalue weighted by molar-refractivity contribution is 6.03. The number of ether oxygens (including phenoxy) is 2. The van der Waals surface area contributed by atoms with Crippen molar-refractivity contribution in [3.63, 3.8) is 0 Å². The van der Waals surface area contributed by atoms with Crippen LogP contribution in [0.5, 0.6) is 5.88 Å². The maximum Gasteiger partial charge on any atom is 0.257 e. The lowest BCUT2D eigenvalue weighted by Gasteiger charge is -2.04. The van der Waals surface area contributed by atoms with Gasteiger partial charge in [-0.2, -0.15) is 5.10 Å². The Hall–Kier alpha value is -2.41. The van der Waals surface area contributed by atoms with E-state index in [1.807, 2.05) is 6.92 Å². The second-order valence-corrected chi connectivity index (χ2v) is 4.26. The van der Waals surface area contributed by atoms with Crippen molar-refractivity contribution in [2.45, 2.75) is 13.5 Å². The van der Waals surface area contributed by atoms with Crippen LogP contribution in [0.25, 0.3) is 0 Å². The van der Waals surface area contributed by atoms with Gasteiger partial charge in [-0.05, 0) is 13.0 Å². The first-order valence-corrected chi connectivity index (χ1v) is 6.64. The summed E-state index contributed by atoms with van der Waals surface area (Å²) in [5.41, 5.74) is 1.09. The van der Waals surface area contributed by atoms with Crippen molar-refractivity contribution in [3.8, 4) is 5.88 Å². The quantitative estimate of drug-likeness (QED) is 0.837. The molecular formula is C14H18N4O3. The van der Waals surface area contributed by atoms with Crippen molar-refractivity contribution in [2.24, 2.45) is 0 Å². The van der Waals surface area contributed by atoms with E-state index in [4.69, 9.17) is 9.47 Å². The van der Waals surface area contributed by atoms with Gasteiger partial charge in [0, 0.05) is 25.6 Å². The summed E-state index contributed by atoms with van der Waals surface area (Å²) in [6, 6.07) is 3.34. The molecule has 1 amide bonds. The van der Waals surface area contributed by atoms with Crippen molar-refractivity contribution in [1.29, 1.82) is 0 Å². The minimum atomic E-state index is -0.239. The number of methoxy groups -OCH3 is 1. The fourth-order valence-electron chi connectivity index (χ4n) is 1.69. The molecule has 2 rings (SSSR count). The number of carbonyl (C=O) groups excluding carboxylic acids is 1. The summed E-state index contributed by atoms with van der Waals surface area (Å²) in [6.07, 6.45) is 4.82. The Balaban J connectivity index is 1.95. The average Bonchev–Trinajstić information content (AvgIpc) is 2.93. The van der Waals surface area contributed by atoms with Crippen LogP contribution in [0.2, 0.25) is 0 Å². The maximum atomic E-state index is 12.1. The van der Waals surface area contributed by atoms with E-state index >= 15 is 0 Å². The molecule has 0 aliphatic rings. The molecule has 2 aromatic rings. The lowest BCUT2D eigenvalue weighted by atomic mass is 10.2. The molecule has 0 saturated carbocycles. The highest BCUT2D eigenvalue weighted by Gasteiger charge is 2.08. The van der Waals surface area contributed by atoms with Crippen LogP contribution in [-0.4, -0.2) is 41.0 Å². The van der Waals surface area contributed by atoms with Crippen LogP contribution in [0.3, 0.4) is 0 Å². The van der Waals surface area contributed by atoms with Gasteiger partial charge in [0.1, 0.15) is 0 Å². The van der Waals surface area contributed by atoms with Gasteiger partial charge in [0.2, 0.25) is 5.88 Å². The van der Waals surface area contributed by atoms with Crippen LogP contribution in [0.1, 0.15) is 17.3 Å². The van der Waals surface area contributed by atoms with Crippen LogP contribution in [-0.2, 0) is 11.3 Å². The largest absolute Gasteiger partial charge is 0.478 e. The maximum absolute atomic E-state index is 12.1. The second kappa shape index (κ2) is 7.39. The van der Waals surface area contributed by atoms with Crippen molar-refractivity contribution in [2.75, 3.05) is 25.6 Å². The molecule has 7 nitrogen and oxygen atoms in total. The van der Waals surface area contributed by atoms with E-state index in [9.17, 15) is 4.79 Å². The molecule has 0 fully saturated rings. The van der Waals surface area contributed by atoms with E-state index in [2.05, 4.69) is 15.4 Å². The van der Waals surface area contributed by atoms with Crippen LogP contribution >= 0.6 is 0 Å². The molecule has 0 atom stereocenters. The Labute approximate surface area is 122 Å².